The number of hydrogen-bond donors (Lipinski definition) is 0. The van der Waals surface area contributed by atoms with Crippen molar-refractivity contribution in [3.63, 3.8) is 0 Å². The zero-order valence-electron chi connectivity index (χ0n) is 7.73. The van der Waals surface area contributed by atoms with Crippen molar-refractivity contribution in [2.45, 2.75) is 4.90 Å². The van der Waals surface area contributed by atoms with Crippen LogP contribution in [0.5, 0.6) is 5.75 Å². The molecule has 0 N–H and O–H groups in total. The minimum atomic E-state index is -3.16. The quantitative estimate of drug-likeness (QED) is 0.788. The summed E-state index contributed by atoms with van der Waals surface area (Å²) in [4.78, 5) is 0.287. The highest BCUT2D eigenvalue weighted by molar-refractivity contribution is 9.23. The zero-order chi connectivity index (χ0) is 10.6. The van der Waals surface area contributed by atoms with Crippen LogP contribution in [0.2, 0.25) is 0 Å². The number of benzene rings is 1. The van der Waals surface area contributed by atoms with Crippen LogP contribution in [0.4, 0.5) is 0 Å². The van der Waals surface area contributed by atoms with E-state index >= 15 is 0 Å². The molecule has 0 bridgehead atoms. The lowest BCUT2D eigenvalue weighted by Gasteiger charge is -2.07. The molecule has 0 saturated carbocycles. The van der Waals surface area contributed by atoms with Gasteiger partial charge in [0, 0.05) is 0 Å². The number of rotatable bonds is 4. The summed E-state index contributed by atoms with van der Waals surface area (Å²) in [6.07, 6.45) is 0. The van der Waals surface area contributed by atoms with Crippen molar-refractivity contribution in [2.24, 2.45) is 0 Å². The predicted octanol–water partition coefficient (Wildman–Crippen LogP) is 1.44. The van der Waals surface area contributed by atoms with Crippen molar-refractivity contribution in [1.82, 2.24) is 0 Å². The maximum atomic E-state index is 11.7. The van der Waals surface area contributed by atoms with Gasteiger partial charge in [-0.05, 0) is 16.0 Å². The lowest BCUT2D eigenvalue weighted by Crippen LogP contribution is -2.10. The van der Waals surface area contributed by atoms with Crippen LogP contribution in [0.25, 0.3) is 0 Å². The van der Waals surface area contributed by atoms with Crippen molar-refractivity contribution in [3.05, 3.63) is 24.3 Å². The van der Waals surface area contributed by atoms with Gasteiger partial charge in [0.15, 0.2) is 9.84 Å². The molecule has 1 aromatic carbocycles. The van der Waals surface area contributed by atoms with E-state index in [2.05, 4.69) is 12.9 Å². The second kappa shape index (κ2) is 5.34. The molecule has 1 aromatic rings. The maximum Gasteiger partial charge on any atom is 0.488 e. The van der Waals surface area contributed by atoms with Crippen molar-refractivity contribution in [1.29, 1.82) is 0 Å². The molecule has 0 aliphatic rings. The molecule has 0 radical (unpaired) electrons. The molecule has 0 aliphatic heterocycles. The molecule has 0 saturated heterocycles. The van der Waals surface area contributed by atoms with Crippen LogP contribution in [-0.2, 0) is 9.84 Å². The van der Waals surface area contributed by atoms with E-state index in [-0.39, 0.29) is 8.78 Å². The molecule has 0 spiro atoms. The Bertz CT molecular complexity index is 405. The first-order valence-electron chi connectivity index (χ1n) is 4.03. The van der Waals surface area contributed by atoms with Gasteiger partial charge in [0.2, 0.25) is 0 Å². The molecule has 0 atom stereocenters. The van der Waals surface area contributed by atoms with E-state index in [1.165, 1.54) is 7.11 Å². The lowest BCUT2D eigenvalue weighted by atomic mass is 10.3. The fourth-order valence-corrected chi connectivity index (χ4v) is 7.36. The number of methoxy groups -OCH3 is 1. The molecule has 74 valence electrons. The number of sulfone groups is 1. The van der Waals surface area contributed by atoms with Crippen molar-refractivity contribution < 1.29 is 13.2 Å². The third-order valence-electron chi connectivity index (χ3n) is 1.75. The molecule has 6 heteroatoms. The molecule has 3 nitrogen and oxygen atoms in total. The SMILES string of the molecule is COc1ccccc1S(=O)(=O)[CH2][Mg][Br]. The first-order valence-corrected chi connectivity index (χ1v) is 10.6. The number of para-hydroxylation sites is 1. The lowest BCUT2D eigenvalue weighted by molar-refractivity contribution is 0.403. The zero-order valence-corrected chi connectivity index (χ0v) is 11.6. The summed E-state index contributed by atoms with van der Waals surface area (Å²) < 4.78 is 28.7. The van der Waals surface area contributed by atoms with E-state index in [4.69, 9.17) is 4.74 Å². The highest BCUT2D eigenvalue weighted by Crippen LogP contribution is 2.23. The van der Waals surface area contributed by atoms with Crippen LogP contribution in [0, 0.1) is 0 Å². The summed E-state index contributed by atoms with van der Waals surface area (Å²) in [6, 6.07) is 6.68. The topological polar surface area (TPSA) is 43.4 Å². The first-order chi connectivity index (χ1) is 6.61. The third-order valence-corrected chi connectivity index (χ3v) is 8.44. The monoisotopic (exact) mass is 288 g/mol. The number of hydrogen-bond acceptors (Lipinski definition) is 3. The summed E-state index contributed by atoms with van der Waals surface area (Å²) in [6.45, 7) is 0. The molecule has 0 aliphatic carbocycles. The fourth-order valence-electron chi connectivity index (χ4n) is 1.09. The Labute approximate surface area is 99.4 Å². The minimum absolute atomic E-state index is 0.216. The summed E-state index contributed by atoms with van der Waals surface area (Å²) in [5.41, 5.74) is 0. The number of ether oxygens (including phenoxy) is 1. The van der Waals surface area contributed by atoms with Gasteiger partial charge in [-0.1, -0.05) is 12.1 Å². The highest BCUT2D eigenvalue weighted by Gasteiger charge is 2.18. The highest BCUT2D eigenvalue weighted by atomic mass is 79.9. The second-order valence-electron chi connectivity index (χ2n) is 2.66. The second-order valence-corrected chi connectivity index (χ2v) is 8.72. The Hall–Kier alpha value is 0.216. The van der Waals surface area contributed by atoms with Crippen LogP contribution in [-0.4, -0.2) is 37.6 Å². The first kappa shape index (κ1) is 12.3. The van der Waals surface area contributed by atoms with Gasteiger partial charge < -0.3 is 17.6 Å². The normalized spacial score (nSPS) is 10.7. The molecule has 0 aromatic heterocycles. The van der Waals surface area contributed by atoms with E-state index in [0.717, 1.165) is 0 Å². The number of halogens is 1. The van der Waals surface area contributed by atoms with E-state index < -0.39 is 28.0 Å². The molecular weight excluding hydrogens is 280 g/mol. The van der Waals surface area contributed by atoms with Crippen LogP contribution in [0.1, 0.15) is 0 Å². The molecule has 14 heavy (non-hydrogen) atoms. The third kappa shape index (κ3) is 2.85. The molecule has 0 unspecified atom stereocenters. The summed E-state index contributed by atoms with van der Waals surface area (Å²) in [5.74, 6) is 0.419. The smallest absolute Gasteiger partial charge is 0.488 e. The summed E-state index contributed by atoms with van der Waals surface area (Å²) in [5, 5.41) is 0. The Morgan fingerprint density at radius 3 is 2.64 bits per heavy atom. The Balaban J connectivity index is 3.18. The fraction of sp³-hybridized carbons (Fsp3) is 0.250. The molecule has 0 fully saturated rings. The Kier molecular flexibility index (Phi) is 4.69. The van der Waals surface area contributed by atoms with Gasteiger partial charge in [-0.3, -0.25) is 0 Å². The standard InChI is InChI=1S/C8H9O3S.BrH.Mg/c1-11-7-5-3-4-6-8(7)12(2,9)10;;/h3-6H,2H2,1H3;1H;/q;;+1/p-1. The van der Waals surface area contributed by atoms with E-state index in [0.29, 0.717) is 5.75 Å². The average Bonchev–Trinajstić information content (AvgIpc) is 2.18. The maximum absolute atomic E-state index is 11.7. The Morgan fingerprint density at radius 1 is 1.43 bits per heavy atom. The molecule has 0 amide bonds. The van der Waals surface area contributed by atoms with Gasteiger partial charge in [-0.15, -0.1) is 0 Å². The largest absolute Gasteiger partial charge is 0.495 e. The molecule has 0 heterocycles. The van der Waals surface area contributed by atoms with Crippen LogP contribution >= 0.6 is 12.9 Å². The summed E-state index contributed by atoms with van der Waals surface area (Å²) >= 11 is 2.56. The van der Waals surface area contributed by atoms with Crippen LogP contribution in [0.15, 0.2) is 29.2 Å². The minimum Gasteiger partial charge on any atom is -0.495 e. The van der Waals surface area contributed by atoms with Crippen LogP contribution in [0.3, 0.4) is 0 Å². The van der Waals surface area contributed by atoms with Crippen molar-refractivity contribution >= 4 is 40.9 Å². The van der Waals surface area contributed by atoms with Gasteiger partial charge >= 0.3 is 18.2 Å². The van der Waals surface area contributed by atoms with E-state index in [1.807, 2.05) is 0 Å². The van der Waals surface area contributed by atoms with Gasteiger partial charge in [0.05, 0.1) is 7.11 Å². The van der Waals surface area contributed by atoms with Crippen molar-refractivity contribution in [3.8, 4) is 5.75 Å². The van der Waals surface area contributed by atoms with Crippen molar-refractivity contribution in [2.75, 3.05) is 11.0 Å². The van der Waals surface area contributed by atoms with Gasteiger partial charge in [0.25, 0.3) is 0 Å². The van der Waals surface area contributed by atoms with E-state index in [9.17, 15) is 8.42 Å². The average molecular weight is 289 g/mol. The predicted molar refractivity (Wildman–Crippen MR) is 59.7 cm³/mol. The summed E-state index contributed by atoms with van der Waals surface area (Å²) in [7, 11) is -1.69. The van der Waals surface area contributed by atoms with Crippen LogP contribution < -0.4 is 4.74 Å². The molecular formula is C8H9BrMgO3S. The Morgan fingerprint density at radius 2 is 2.07 bits per heavy atom. The van der Waals surface area contributed by atoms with E-state index in [1.54, 1.807) is 24.3 Å². The van der Waals surface area contributed by atoms with Gasteiger partial charge in [-0.2, -0.15) is 0 Å². The van der Waals surface area contributed by atoms with Gasteiger partial charge in [0.1, 0.15) is 10.6 Å². The molecule has 1 rings (SSSR count). The van der Waals surface area contributed by atoms with Gasteiger partial charge in [-0.25, -0.2) is 8.42 Å².